The Bertz CT molecular complexity index is 723. The van der Waals surface area contributed by atoms with Gasteiger partial charge in [-0.2, -0.15) is 5.10 Å². The maximum absolute atomic E-state index is 6.16. The molecule has 23 heavy (non-hydrogen) atoms. The lowest BCUT2D eigenvalue weighted by atomic mass is 9.77. The van der Waals surface area contributed by atoms with Crippen molar-refractivity contribution in [2.75, 3.05) is 13.6 Å². The molecule has 1 fully saturated rings. The molecule has 0 aromatic carbocycles. The first-order chi connectivity index (χ1) is 10.8. The zero-order valence-electron chi connectivity index (χ0n) is 14.3. The second kappa shape index (κ2) is 5.74. The Hall–Kier alpha value is -1.70. The number of aromatic nitrogens is 3. The van der Waals surface area contributed by atoms with Crippen LogP contribution in [0, 0.1) is 0 Å². The molecule has 7 heteroatoms. The van der Waals surface area contributed by atoms with Crippen LogP contribution in [0.4, 0.5) is 0 Å². The Balaban J connectivity index is 1.96. The predicted molar refractivity (Wildman–Crippen MR) is 91.9 cm³/mol. The third-order valence-electron chi connectivity index (χ3n) is 4.63. The summed E-state index contributed by atoms with van der Waals surface area (Å²) in [5.41, 5.74) is 1.91. The van der Waals surface area contributed by atoms with Gasteiger partial charge in [0.2, 0.25) is 0 Å². The molecule has 3 heterocycles. The zero-order chi connectivity index (χ0) is 16.7. The molecule has 1 saturated heterocycles. The van der Waals surface area contributed by atoms with Gasteiger partial charge < -0.3 is 14.6 Å². The molecular formula is C16H23BN4O2. The molecule has 0 amide bonds. The molecule has 0 spiro atoms. The second-order valence-corrected chi connectivity index (χ2v) is 6.85. The van der Waals surface area contributed by atoms with E-state index in [0.29, 0.717) is 12.2 Å². The zero-order valence-corrected chi connectivity index (χ0v) is 14.3. The molecule has 122 valence electrons. The summed E-state index contributed by atoms with van der Waals surface area (Å²) < 4.78 is 12.3. The molecule has 0 atom stereocenters. The van der Waals surface area contributed by atoms with Crippen molar-refractivity contribution in [3.8, 4) is 0 Å². The number of fused-ring (bicyclic) bond motifs is 1. The summed E-state index contributed by atoms with van der Waals surface area (Å²) in [6.07, 6.45) is 3.77. The van der Waals surface area contributed by atoms with Crippen molar-refractivity contribution >= 4 is 24.2 Å². The molecule has 6 nitrogen and oxygen atoms in total. The largest absolute Gasteiger partial charge is 0.491 e. The summed E-state index contributed by atoms with van der Waals surface area (Å²) in [5, 5.41) is 11.4. The number of hydrogen-bond acceptors (Lipinski definition) is 5. The number of aromatic amines is 1. The normalized spacial score (nSPS) is 20.4. The fourth-order valence-electron chi connectivity index (χ4n) is 2.57. The molecule has 0 radical (unpaired) electrons. The van der Waals surface area contributed by atoms with Gasteiger partial charge in [-0.15, -0.1) is 0 Å². The Morgan fingerprint density at radius 1 is 1.30 bits per heavy atom. The van der Waals surface area contributed by atoms with Gasteiger partial charge in [-0.05, 0) is 58.4 Å². The molecular weight excluding hydrogens is 291 g/mol. The van der Waals surface area contributed by atoms with Gasteiger partial charge in [0.05, 0.1) is 16.9 Å². The van der Waals surface area contributed by atoms with E-state index in [1.807, 2.05) is 25.3 Å². The van der Waals surface area contributed by atoms with Gasteiger partial charge in [0.25, 0.3) is 0 Å². The smallest absolute Gasteiger partial charge is 0.400 e. The molecule has 2 N–H and O–H groups in total. The van der Waals surface area contributed by atoms with Crippen LogP contribution in [0.25, 0.3) is 17.1 Å². The molecule has 0 saturated carbocycles. The van der Waals surface area contributed by atoms with E-state index in [4.69, 9.17) is 9.31 Å². The van der Waals surface area contributed by atoms with E-state index in [1.165, 1.54) is 0 Å². The summed E-state index contributed by atoms with van der Waals surface area (Å²) >= 11 is 0. The van der Waals surface area contributed by atoms with Crippen LogP contribution in [0.3, 0.4) is 0 Å². The highest BCUT2D eigenvalue weighted by Crippen LogP contribution is 2.38. The van der Waals surface area contributed by atoms with Crippen LogP contribution in [-0.4, -0.2) is 47.1 Å². The number of hydrogen-bond donors (Lipinski definition) is 2. The summed E-state index contributed by atoms with van der Waals surface area (Å²) in [4.78, 5) is 4.25. The van der Waals surface area contributed by atoms with Crippen LogP contribution in [0.5, 0.6) is 0 Å². The third-order valence-corrected chi connectivity index (χ3v) is 4.63. The fourth-order valence-corrected chi connectivity index (χ4v) is 2.57. The van der Waals surface area contributed by atoms with Crippen LogP contribution in [0.15, 0.2) is 23.8 Å². The number of rotatable bonds is 4. The van der Waals surface area contributed by atoms with Crippen LogP contribution < -0.4 is 5.32 Å². The van der Waals surface area contributed by atoms with E-state index in [2.05, 4.69) is 48.2 Å². The van der Waals surface area contributed by atoms with E-state index >= 15 is 0 Å². The van der Waals surface area contributed by atoms with Crippen LogP contribution in [0.2, 0.25) is 0 Å². The molecule has 1 aliphatic rings. The van der Waals surface area contributed by atoms with Gasteiger partial charge in [-0.1, -0.05) is 0 Å². The highest BCUT2D eigenvalue weighted by Gasteiger charge is 2.52. The van der Waals surface area contributed by atoms with Crippen molar-refractivity contribution in [2.24, 2.45) is 0 Å². The Labute approximate surface area is 136 Å². The maximum Gasteiger partial charge on any atom is 0.491 e. The minimum atomic E-state index is -0.387. The van der Waals surface area contributed by atoms with Crippen molar-refractivity contribution in [1.29, 1.82) is 0 Å². The topological polar surface area (TPSA) is 72.1 Å². The average molecular weight is 314 g/mol. The summed E-state index contributed by atoms with van der Waals surface area (Å²) in [6, 6.07) is 3.90. The summed E-state index contributed by atoms with van der Waals surface area (Å²) in [5.74, 6) is 0. The minimum absolute atomic E-state index is 0.359. The van der Waals surface area contributed by atoms with Gasteiger partial charge in [0.15, 0.2) is 5.65 Å². The first-order valence-electron chi connectivity index (χ1n) is 7.84. The number of pyridine rings is 1. The van der Waals surface area contributed by atoms with Crippen molar-refractivity contribution in [1.82, 2.24) is 20.5 Å². The van der Waals surface area contributed by atoms with Crippen molar-refractivity contribution < 1.29 is 9.31 Å². The quantitative estimate of drug-likeness (QED) is 0.847. The number of nitrogens with one attached hydrogen (secondary N) is 2. The van der Waals surface area contributed by atoms with E-state index in [-0.39, 0.29) is 18.3 Å². The van der Waals surface area contributed by atoms with Gasteiger partial charge >= 0.3 is 7.12 Å². The Morgan fingerprint density at radius 3 is 2.65 bits per heavy atom. The van der Waals surface area contributed by atoms with Gasteiger partial charge in [-0.3, -0.25) is 5.10 Å². The van der Waals surface area contributed by atoms with E-state index in [1.54, 1.807) is 6.20 Å². The molecule has 0 bridgehead atoms. The van der Waals surface area contributed by atoms with E-state index < -0.39 is 0 Å². The molecule has 3 rings (SSSR count). The highest BCUT2D eigenvalue weighted by molar-refractivity contribution is 6.56. The lowest BCUT2D eigenvalue weighted by Gasteiger charge is -2.32. The number of likely N-dealkylation sites (N-methyl/N-ethyl adjacent to an activating group) is 1. The van der Waals surface area contributed by atoms with Gasteiger partial charge in [0.1, 0.15) is 0 Å². The lowest BCUT2D eigenvalue weighted by Crippen LogP contribution is -2.41. The average Bonchev–Trinajstić information content (AvgIpc) is 2.97. The highest BCUT2D eigenvalue weighted by atomic mass is 16.7. The van der Waals surface area contributed by atoms with Crippen molar-refractivity contribution in [3.63, 3.8) is 0 Å². The van der Waals surface area contributed by atoms with Gasteiger partial charge in [-0.25, -0.2) is 4.98 Å². The van der Waals surface area contributed by atoms with Crippen LogP contribution in [0.1, 0.15) is 33.4 Å². The minimum Gasteiger partial charge on any atom is -0.400 e. The first-order valence-corrected chi connectivity index (χ1v) is 7.84. The second-order valence-electron chi connectivity index (χ2n) is 6.85. The standard InChI is InChI=1S/C16H23BN4O2/c1-15(2)16(3,4)23-17(22-15)11(10-18-5)9-13-12-7-6-8-19-14(12)21-20-13/h6-9,18H,10H2,1-5H3,(H,19,20,21). The van der Waals surface area contributed by atoms with E-state index in [9.17, 15) is 0 Å². The van der Waals surface area contributed by atoms with Crippen molar-refractivity contribution in [3.05, 3.63) is 29.5 Å². The molecule has 2 aromatic heterocycles. The Kier molecular flexibility index (Phi) is 4.04. The number of nitrogens with zero attached hydrogens (tertiary/aromatic N) is 2. The van der Waals surface area contributed by atoms with Crippen LogP contribution >= 0.6 is 0 Å². The van der Waals surface area contributed by atoms with Crippen LogP contribution in [-0.2, 0) is 9.31 Å². The molecule has 2 aromatic rings. The van der Waals surface area contributed by atoms with Gasteiger partial charge in [0, 0.05) is 18.1 Å². The molecule has 0 aliphatic carbocycles. The SMILES string of the molecule is CNCC(=Cc1[nH]nc2ncccc12)B1OC(C)(C)C(C)(C)O1. The predicted octanol–water partition coefficient (Wildman–Crippen LogP) is 2.19. The lowest BCUT2D eigenvalue weighted by molar-refractivity contribution is 0.00578. The summed E-state index contributed by atoms with van der Waals surface area (Å²) in [6.45, 7) is 8.88. The van der Waals surface area contributed by atoms with Crippen molar-refractivity contribution in [2.45, 2.75) is 38.9 Å². The fraction of sp³-hybridized carbons (Fsp3) is 0.500. The van der Waals surface area contributed by atoms with E-state index in [0.717, 1.165) is 16.6 Å². The molecule has 1 aliphatic heterocycles. The molecule has 0 unspecified atom stereocenters. The number of H-pyrrole nitrogens is 1. The first kappa shape index (κ1) is 16.2. The monoisotopic (exact) mass is 314 g/mol. The maximum atomic E-state index is 6.16. The Morgan fingerprint density at radius 2 is 2.00 bits per heavy atom. The third kappa shape index (κ3) is 2.92. The summed E-state index contributed by atoms with van der Waals surface area (Å²) in [7, 11) is 1.52.